The molecule has 1 heterocycles. The summed E-state index contributed by atoms with van der Waals surface area (Å²) in [4.78, 5) is 20.1. The van der Waals surface area contributed by atoms with E-state index >= 15 is 0 Å². The number of ether oxygens (including phenoxy) is 1. The lowest BCUT2D eigenvalue weighted by Gasteiger charge is -2.20. The van der Waals surface area contributed by atoms with Crippen molar-refractivity contribution in [1.82, 2.24) is 4.98 Å². The van der Waals surface area contributed by atoms with Crippen LogP contribution in [0.4, 0.5) is 5.13 Å². The highest BCUT2D eigenvalue weighted by atomic mass is 32.2. The maximum atomic E-state index is 13.5. The molecule has 8 heteroatoms. The molecule has 0 bridgehead atoms. The number of hydrogen-bond donors (Lipinski definition) is 0. The molecule has 0 radical (unpaired) electrons. The molecule has 3 aromatic carbocycles. The molecule has 4 aromatic rings. The van der Waals surface area contributed by atoms with Gasteiger partial charge in [0, 0.05) is 0 Å². The molecule has 0 saturated heterocycles. The van der Waals surface area contributed by atoms with Crippen molar-refractivity contribution >= 4 is 42.4 Å². The van der Waals surface area contributed by atoms with E-state index in [-0.39, 0.29) is 23.0 Å². The summed E-state index contributed by atoms with van der Waals surface area (Å²) in [6.45, 7) is 4.52. The van der Waals surface area contributed by atoms with E-state index in [9.17, 15) is 13.2 Å². The zero-order valence-electron chi connectivity index (χ0n) is 19.1. The van der Waals surface area contributed by atoms with Crippen LogP contribution in [0.3, 0.4) is 0 Å². The molecule has 34 heavy (non-hydrogen) atoms. The summed E-state index contributed by atoms with van der Waals surface area (Å²) in [6, 6.07) is 22.0. The van der Waals surface area contributed by atoms with Crippen LogP contribution < -0.4 is 9.64 Å². The zero-order chi connectivity index (χ0) is 24.1. The third-order valence-electron chi connectivity index (χ3n) is 5.39. The molecule has 1 amide bonds. The first-order valence-corrected chi connectivity index (χ1v) is 13.6. The fraction of sp³-hybridized carbons (Fsp3) is 0.231. The molecule has 0 fully saturated rings. The fourth-order valence-electron chi connectivity index (χ4n) is 3.54. The molecule has 4 rings (SSSR count). The minimum absolute atomic E-state index is 0.0404. The molecule has 0 N–H and O–H groups in total. The van der Waals surface area contributed by atoms with Gasteiger partial charge in [0.15, 0.2) is 15.0 Å². The summed E-state index contributed by atoms with van der Waals surface area (Å²) in [5, 5.41) is 0.614. The number of carbonyl (C=O) groups is 1. The Morgan fingerprint density at radius 1 is 0.971 bits per heavy atom. The second kappa shape index (κ2) is 10.4. The van der Waals surface area contributed by atoms with Crippen LogP contribution in [0, 0.1) is 0 Å². The third kappa shape index (κ3) is 5.46. The van der Waals surface area contributed by atoms with Crippen molar-refractivity contribution in [2.45, 2.75) is 31.7 Å². The van der Waals surface area contributed by atoms with Gasteiger partial charge in [-0.25, -0.2) is 13.4 Å². The number of anilines is 1. The minimum Gasteiger partial charge on any atom is -0.494 e. The van der Waals surface area contributed by atoms with Crippen molar-refractivity contribution in [2.24, 2.45) is 0 Å². The second-order valence-electron chi connectivity index (χ2n) is 7.75. The Labute approximate surface area is 203 Å². The van der Waals surface area contributed by atoms with Gasteiger partial charge in [0.1, 0.15) is 5.75 Å². The van der Waals surface area contributed by atoms with Crippen LogP contribution in [0.5, 0.6) is 5.75 Å². The summed E-state index contributed by atoms with van der Waals surface area (Å²) < 4.78 is 30.7. The van der Waals surface area contributed by atoms with E-state index in [2.05, 4.69) is 0 Å². The first-order valence-electron chi connectivity index (χ1n) is 11.1. The smallest absolute Gasteiger partial charge is 0.233 e. The van der Waals surface area contributed by atoms with E-state index in [1.165, 1.54) is 11.3 Å². The van der Waals surface area contributed by atoms with Gasteiger partial charge in [0.2, 0.25) is 5.91 Å². The number of sulfone groups is 1. The van der Waals surface area contributed by atoms with Crippen molar-refractivity contribution in [2.75, 3.05) is 17.3 Å². The van der Waals surface area contributed by atoms with Gasteiger partial charge in [-0.2, -0.15) is 0 Å². The molecular weight excluding hydrogens is 468 g/mol. The van der Waals surface area contributed by atoms with Gasteiger partial charge in [-0.1, -0.05) is 60.7 Å². The molecule has 0 aliphatic heterocycles. The monoisotopic (exact) mass is 494 g/mol. The van der Waals surface area contributed by atoms with Crippen molar-refractivity contribution in [3.63, 3.8) is 0 Å². The van der Waals surface area contributed by atoms with E-state index in [0.717, 1.165) is 27.1 Å². The van der Waals surface area contributed by atoms with Gasteiger partial charge >= 0.3 is 0 Å². The van der Waals surface area contributed by atoms with Crippen LogP contribution in [0.2, 0.25) is 0 Å². The topological polar surface area (TPSA) is 76.6 Å². The molecule has 0 aliphatic rings. The molecule has 0 saturated carbocycles. The van der Waals surface area contributed by atoms with Gasteiger partial charge in [-0.05, 0) is 48.4 Å². The summed E-state index contributed by atoms with van der Waals surface area (Å²) >= 11 is 1.45. The van der Waals surface area contributed by atoms with Gasteiger partial charge in [0.05, 0.1) is 40.4 Å². The number of aromatic nitrogens is 1. The number of rotatable bonds is 9. The standard InChI is InChI=1S/C26H26N2O4S2/c1-3-32-21-12-15-23-24(17-21)33-26(27-23)28(18-20-8-6-5-7-9-20)25(29)16-19-10-13-22(14-11-19)34(30,31)4-2/h5-15,17H,3-4,16,18H2,1-2H3. The fourth-order valence-corrected chi connectivity index (χ4v) is 5.44. The number of nitrogens with zero attached hydrogens (tertiary/aromatic N) is 2. The van der Waals surface area contributed by atoms with Crippen molar-refractivity contribution in [3.8, 4) is 5.75 Å². The van der Waals surface area contributed by atoms with Gasteiger partial charge in [-0.3, -0.25) is 9.69 Å². The lowest BCUT2D eigenvalue weighted by molar-refractivity contribution is -0.118. The molecule has 0 unspecified atom stereocenters. The van der Waals surface area contributed by atoms with E-state index in [0.29, 0.717) is 18.3 Å². The first kappa shape index (κ1) is 23.9. The summed E-state index contributed by atoms with van der Waals surface area (Å²) in [7, 11) is -3.28. The van der Waals surface area contributed by atoms with Crippen LogP contribution in [0.1, 0.15) is 25.0 Å². The predicted molar refractivity (Wildman–Crippen MR) is 136 cm³/mol. The van der Waals surface area contributed by atoms with E-state index in [1.54, 1.807) is 36.1 Å². The predicted octanol–water partition coefficient (Wildman–Crippen LogP) is 5.26. The second-order valence-corrected chi connectivity index (χ2v) is 11.0. The average Bonchev–Trinajstić information content (AvgIpc) is 3.27. The first-order chi connectivity index (χ1) is 16.4. The number of fused-ring (bicyclic) bond motifs is 1. The molecule has 1 aromatic heterocycles. The highest BCUT2D eigenvalue weighted by molar-refractivity contribution is 7.91. The Morgan fingerprint density at radius 3 is 2.38 bits per heavy atom. The normalized spacial score (nSPS) is 11.5. The van der Waals surface area contributed by atoms with Crippen LogP contribution in [-0.4, -0.2) is 31.7 Å². The number of carbonyl (C=O) groups excluding carboxylic acids is 1. The molecule has 0 spiro atoms. The maximum Gasteiger partial charge on any atom is 0.233 e. The van der Waals surface area contributed by atoms with Gasteiger partial charge in [-0.15, -0.1) is 0 Å². The van der Waals surface area contributed by atoms with Gasteiger partial charge < -0.3 is 4.74 Å². The van der Waals surface area contributed by atoms with Gasteiger partial charge in [0.25, 0.3) is 0 Å². The molecule has 0 aliphatic carbocycles. The summed E-state index contributed by atoms with van der Waals surface area (Å²) in [6.07, 6.45) is 0.138. The maximum absolute atomic E-state index is 13.5. The number of benzene rings is 3. The van der Waals surface area contributed by atoms with Crippen LogP contribution in [-0.2, 0) is 27.6 Å². The lowest BCUT2D eigenvalue weighted by Crippen LogP contribution is -2.31. The Kier molecular flexibility index (Phi) is 7.29. The van der Waals surface area contributed by atoms with E-state index in [1.807, 2.05) is 55.5 Å². The Morgan fingerprint density at radius 2 is 1.71 bits per heavy atom. The SMILES string of the molecule is CCOc1ccc2nc(N(Cc3ccccc3)C(=O)Cc3ccc(S(=O)(=O)CC)cc3)sc2c1. The molecule has 6 nitrogen and oxygen atoms in total. The third-order valence-corrected chi connectivity index (χ3v) is 8.18. The zero-order valence-corrected chi connectivity index (χ0v) is 20.7. The van der Waals surface area contributed by atoms with Crippen LogP contribution in [0.15, 0.2) is 77.7 Å². The quantitative estimate of drug-likeness (QED) is 0.317. The average molecular weight is 495 g/mol. The van der Waals surface area contributed by atoms with E-state index in [4.69, 9.17) is 9.72 Å². The van der Waals surface area contributed by atoms with Crippen LogP contribution in [0.25, 0.3) is 10.2 Å². The summed E-state index contributed by atoms with van der Waals surface area (Å²) in [5.74, 6) is 0.700. The van der Waals surface area contributed by atoms with E-state index < -0.39 is 9.84 Å². The largest absolute Gasteiger partial charge is 0.494 e. The number of amides is 1. The Bertz CT molecular complexity index is 1380. The number of thiazole rings is 1. The van der Waals surface area contributed by atoms with Crippen molar-refractivity contribution in [3.05, 3.63) is 83.9 Å². The summed E-state index contributed by atoms with van der Waals surface area (Å²) in [5.41, 5.74) is 2.55. The Balaban J connectivity index is 1.63. The molecule has 0 atom stereocenters. The lowest BCUT2D eigenvalue weighted by atomic mass is 10.1. The Hall–Kier alpha value is -3.23. The van der Waals surface area contributed by atoms with Crippen LogP contribution >= 0.6 is 11.3 Å². The minimum atomic E-state index is -3.28. The van der Waals surface area contributed by atoms with Crippen molar-refractivity contribution < 1.29 is 17.9 Å². The molecular formula is C26H26N2O4S2. The number of hydrogen-bond acceptors (Lipinski definition) is 6. The highest BCUT2D eigenvalue weighted by Gasteiger charge is 2.21. The molecule has 176 valence electrons. The van der Waals surface area contributed by atoms with Crippen molar-refractivity contribution in [1.29, 1.82) is 0 Å². The highest BCUT2D eigenvalue weighted by Crippen LogP contribution is 2.32.